The lowest BCUT2D eigenvalue weighted by Crippen LogP contribution is -1.92. The van der Waals surface area contributed by atoms with Crippen LogP contribution < -0.4 is 0 Å². The molecule has 0 spiro atoms. The summed E-state index contributed by atoms with van der Waals surface area (Å²) >= 11 is 0.993. The molecule has 90 valence electrons. The number of hydrogen-bond acceptors (Lipinski definition) is 4. The Morgan fingerprint density at radius 3 is 2.12 bits per heavy atom. The van der Waals surface area contributed by atoms with Crippen LogP contribution in [0.1, 0.15) is 13.8 Å². The molecule has 0 N–H and O–H groups in total. The maximum absolute atomic E-state index is 12.7. The largest absolute Gasteiger partial charge is 0.393 e. The monoisotopic (exact) mass is 264 g/mol. The van der Waals surface area contributed by atoms with Gasteiger partial charge < -0.3 is 9.05 Å². The van der Waals surface area contributed by atoms with Crippen molar-refractivity contribution >= 4 is 18.2 Å². The van der Waals surface area contributed by atoms with Crippen LogP contribution in [0.25, 0.3) is 0 Å². The molecular weight excluding hydrogens is 250 g/mol. The summed E-state index contributed by atoms with van der Waals surface area (Å²) < 4.78 is 35.0. The van der Waals surface area contributed by atoms with Crippen molar-refractivity contribution in [1.29, 1.82) is 0 Å². The van der Waals surface area contributed by atoms with Crippen molar-refractivity contribution < 1.29 is 18.0 Å². The average molecular weight is 264 g/mol. The van der Waals surface area contributed by atoms with Gasteiger partial charge in [0, 0.05) is 4.90 Å². The molecule has 0 unspecified atom stereocenters. The summed E-state index contributed by atoms with van der Waals surface area (Å²) in [4.78, 5) is 0.659. The topological polar surface area (TPSA) is 35.5 Å². The van der Waals surface area contributed by atoms with E-state index in [0.29, 0.717) is 18.1 Å². The van der Waals surface area contributed by atoms with Gasteiger partial charge in [-0.25, -0.2) is 8.96 Å². The van der Waals surface area contributed by atoms with E-state index in [2.05, 4.69) is 0 Å². The summed E-state index contributed by atoms with van der Waals surface area (Å²) in [7, 11) is 0. The van der Waals surface area contributed by atoms with E-state index < -0.39 is 6.80 Å². The van der Waals surface area contributed by atoms with Gasteiger partial charge in [0.1, 0.15) is 5.82 Å². The molecule has 0 fully saturated rings. The highest BCUT2D eigenvalue weighted by Gasteiger charge is 2.25. The second kappa shape index (κ2) is 6.40. The number of rotatable bonds is 6. The van der Waals surface area contributed by atoms with E-state index in [0.717, 1.165) is 11.4 Å². The fourth-order valence-electron chi connectivity index (χ4n) is 1.03. The molecule has 0 aromatic heterocycles. The summed E-state index contributed by atoms with van der Waals surface area (Å²) in [6, 6.07) is 5.71. The predicted octanol–water partition coefficient (Wildman–Crippen LogP) is 4.10. The highest BCUT2D eigenvalue weighted by molar-refractivity contribution is 8.55. The molecule has 1 rings (SSSR count). The van der Waals surface area contributed by atoms with Gasteiger partial charge in [-0.3, -0.25) is 0 Å². The Morgan fingerprint density at radius 2 is 1.69 bits per heavy atom. The van der Waals surface area contributed by atoms with Gasteiger partial charge in [-0.1, -0.05) is 0 Å². The molecule has 6 heteroatoms. The third kappa shape index (κ3) is 4.26. The molecule has 1 aromatic carbocycles. The summed E-state index contributed by atoms with van der Waals surface area (Å²) in [5.74, 6) is -0.327. The first-order chi connectivity index (χ1) is 7.59. The van der Waals surface area contributed by atoms with Crippen molar-refractivity contribution in [2.75, 3.05) is 13.2 Å². The molecule has 0 aliphatic heterocycles. The molecule has 0 amide bonds. The van der Waals surface area contributed by atoms with Gasteiger partial charge >= 0.3 is 6.80 Å². The maximum atomic E-state index is 12.7. The molecule has 0 aliphatic rings. The second-order valence-electron chi connectivity index (χ2n) is 2.83. The van der Waals surface area contributed by atoms with Crippen molar-refractivity contribution in [2.45, 2.75) is 18.7 Å². The third-order valence-corrected chi connectivity index (χ3v) is 5.40. The van der Waals surface area contributed by atoms with Crippen LogP contribution in [0.5, 0.6) is 0 Å². The molecule has 16 heavy (non-hydrogen) atoms. The summed E-state index contributed by atoms with van der Waals surface area (Å²) in [6.45, 7) is 0.954. The SMILES string of the molecule is CCOP(=O)(OCC)Sc1ccc(F)cc1. The van der Waals surface area contributed by atoms with Crippen LogP contribution >= 0.6 is 18.2 Å². The van der Waals surface area contributed by atoms with Gasteiger partial charge in [0.15, 0.2) is 0 Å². The summed E-state index contributed by atoms with van der Waals surface area (Å²) in [5.41, 5.74) is 0. The minimum Gasteiger partial charge on any atom is -0.301 e. The number of hydrogen-bond donors (Lipinski definition) is 0. The van der Waals surface area contributed by atoms with Crippen LogP contribution in [0.15, 0.2) is 29.2 Å². The Kier molecular flexibility index (Phi) is 5.49. The van der Waals surface area contributed by atoms with Crippen LogP contribution in [-0.4, -0.2) is 13.2 Å². The van der Waals surface area contributed by atoms with Crippen LogP contribution in [-0.2, 0) is 13.6 Å². The molecule has 0 bridgehead atoms. The highest BCUT2D eigenvalue weighted by Crippen LogP contribution is 2.63. The van der Waals surface area contributed by atoms with E-state index in [-0.39, 0.29) is 5.82 Å². The van der Waals surface area contributed by atoms with Gasteiger partial charge in [-0.2, -0.15) is 0 Å². The van der Waals surface area contributed by atoms with E-state index in [4.69, 9.17) is 9.05 Å². The zero-order valence-corrected chi connectivity index (χ0v) is 10.9. The Morgan fingerprint density at radius 1 is 1.19 bits per heavy atom. The minimum atomic E-state index is -3.16. The van der Waals surface area contributed by atoms with E-state index in [1.165, 1.54) is 12.1 Å². The van der Waals surface area contributed by atoms with Gasteiger partial charge in [-0.15, -0.1) is 0 Å². The normalized spacial score (nSPS) is 11.7. The molecule has 0 aliphatic carbocycles. The van der Waals surface area contributed by atoms with Crippen LogP contribution in [0, 0.1) is 5.82 Å². The fourth-order valence-corrected chi connectivity index (χ4v) is 4.45. The standard InChI is InChI=1S/C10H14FO3PS/c1-3-13-15(12,14-4-2)16-10-7-5-9(11)6-8-10/h5-8H,3-4H2,1-2H3. The van der Waals surface area contributed by atoms with Crippen molar-refractivity contribution in [1.82, 2.24) is 0 Å². The van der Waals surface area contributed by atoms with Gasteiger partial charge in [0.2, 0.25) is 0 Å². The first-order valence-corrected chi connectivity index (χ1v) is 7.90. The molecule has 0 atom stereocenters. The average Bonchev–Trinajstić information content (AvgIpc) is 2.22. The Labute approximate surface area is 98.6 Å². The molecule has 0 saturated heterocycles. The van der Waals surface area contributed by atoms with Crippen molar-refractivity contribution in [3.8, 4) is 0 Å². The smallest absolute Gasteiger partial charge is 0.301 e. The second-order valence-corrected chi connectivity index (χ2v) is 6.78. The molecule has 0 saturated carbocycles. The molecule has 0 heterocycles. The summed E-state index contributed by atoms with van der Waals surface area (Å²) in [5, 5.41) is 0. The molecule has 1 aromatic rings. The Hall–Kier alpha value is -0.350. The van der Waals surface area contributed by atoms with Crippen molar-refractivity contribution in [3.63, 3.8) is 0 Å². The zero-order chi connectivity index (χ0) is 12.0. The van der Waals surface area contributed by atoms with Gasteiger partial charge in [0.25, 0.3) is 0 Å². The van der Waals surface area contributed by atoms with Crippen LogP contribution in [0.3, 0.4) is 0 Å². The van der Waals surface area contributed by atoms with Gasteiger partial charge in [0.05, 0.1) is 13.2 Å². The van der Waals surface area contributed by atoms with Crippen LogP contribution in [0.2, 0.25) is 0 Å². The van der Waals surface area contributed by atoms with Crippen molar-refractivity contribution in [3.05, 3.63) is 30.1 Å². The molecular formula is C10H14FO3PS. The molecule has 0 radical (unpaired) electrons. The number of halogens is 1. The van der Waals surface area contributed by atoms with E-state index in [1.54, 1.807) is 26.0 Å². The van der Waals surface area contributed by atoms with Crippen LogP contribution in [0.4, 0.5) is 4.39 Å². The first-order valence-electron chi connectivity index (χ1n) is 4.94. The minimum absolute atomic E-state index is 0.311. The highest BCUT2D eigenvalue weighted by atomic mass is 32.7. The van der Waals surface area contributed by atoms with E-state index in [1.807, 2.05) is 0 Å². The Balaban J connectivity index is 2.75. The quantitative estimate of drug-likeness (QED) is 0.725. The molecule has 3 nitrogen and oxygen atoms in total. The van der Waals surface area contributed by atoms with Crippen molar-refractivity contribution in [2.24, 2.45) is 0 Å². The van der Waals surface area contributed by atoms with E-state index in [9.17, 15) is 8.96 Å². The zero-order valence-electron chi connectivity index (χ0n) is 9.18. The lowest BCUT2D eigenvalue weighted by Gasteiger charge is -2.15. The first kappa shape index (κ1) is 13.7. The summed E-state index contributed by atoms with van der Waals surface area (Å²) in [6.07, 6.45) is 0. The lowest BCUT2D eigenvalue weighted by molar-refractivity contribution is 0.237. The Bertz CT molecular complexity index is 359. The van der Waals surface area contributed by atoms with E-state index >= 15 is 0 Å². The predicted molar refractivity (Wildman–Crippen MR) is 63.1 cm³/mol. The van der Waals surface area contributed by atoms with Gasteiger partial charge in [-0.05, 0) is 49.5 Å². The lowest BCUT2D eigenvalue weighted by atomic mass is 10.4. The maximum Gasteiger partial charge on any atom is 0.393 e. The number of benzene rings is 1. The fraction of sp³-hybridized carbons (Fsp3) is 0.400. The third-order valence-electron chi connectivity index (χ3n) is 1.61.